The van der Waals surface area contributed by atoms with Gasteiger partial charge in [0.2, 0.25) is 0 Å². The molecule has 4 rings (SSSR count). The fourth-order valence-electron chi connectivity index (χ4n) is 4.95. The molecule has 7 nitrogen and oxygen atoms in total. The van der Waals surface area contributed by atoms with Gasteiger partial charge in [-0.3, -0.25) is 9.52 Å². The van der Waals surface area contributed by atoms with Crippen LogP contribution in [0.25, 0.3) is 11.3 Å². The lowest BCUT2D eigenvalue weighted by Crippen LogP contribution is -2.42. The summed E-state index contributed by atoms with van der Waals surface area (Å²) >= 11 is 1.49. The van der Waals surface area contributed by atoms with Crippen molar-refractivity contribution in [2.75, 3.05) is 22.7 Å². The van der Waals surface area contributed by atoms with Crippen molar-refractivity contribution >= 4 is 39.2 Å². The van der Waals surface area contributed by atoms with Gasteiger partial charge in [-0.25, -0.2) is 14.2 Å². The normalized spacial score (nSPS) is 17.5. The molecule has 212 valence electrons. The SMILES string of the molecule is CC.CCCC(C)(CN1CCCCCCc2ccccc2-c2nc(sc2C)NS(=O)c2cccc1n2)C(=O)O. The Kier molecular flexibility index (Phi) is 11.5. The van der Waals surface area contributed by atoms with E-state index in [0.29, 0.717) is 35.5 Å². The number of carboxylic acids is 1. The van der Waals surface area contributed by atoms with Gasteiger partial charge in [0, 0.05) is 23.5 Å². The fourth-order valence-corrected chi connectivity index (χ4v) is 6.71. The van der Waals surface area contributed by atoms with Crippen LogP contribution in [0, 0.1) is 12.3 Å². The van der Waals surface area contributed by atoms with Crippen LogP contribution in [0.3, 0.4) is 0 Å². The molecule has 2 atom stereocenters. The minimum atomic E-state index is -1.60. The number of carbonyl (C=O) groups is 1. The lowest BCUT2D eigenvalue weighted by molar-refractivity contribution is -0.147. The first-order chi connectivity index (χ1) is 18.8. The van der Waals surface area contributed by atoms with Gasteiger partial charge >= 0.3 is 5.97 Å². The Morgan fingerprint density at radius 1 is 1.10 bits per heavy atom. The van der Waals surface area contributed by atoms with Crippen LogP contribution in [-0.2, 0) is 22.2 Å². The molecular formula is C30H42N4O3S2. The smallest absolute Gasteiger partial charge is 0.311 e. The zero-order valence-corrected chi connectivity index (χ0v) is 25.5. The van der Waals surface area contributed by atoms with E-state index in [4.69, 9.17) is 9.97 Å². The van der Waals surface area contributed by atoms with E-state index in [1.807, 2.05) is 52.8 Å². The third kappa shape index (κ3) is 7.88. The summed E-state index contributed by atoms with van der Waals surface area (Å²) in [7, 11) is -1.60. The number of nitrogens with zero attached hydrogens (tertiary/aromatic N) is 3. The molecule has 0 spiro atoms. The summed E-state index contributed by atoms with van der Waals surface area (Å²) < 4.78 is 16.3. The predicted molar refractivity (Wildman–Crippen MR) is 163 cm³/mol. The highest BCUT2D eigenvalue weighted by atomic mass is 32.2. The Bertz CT molecular complexity index is 1260. The number of nitrogens with one attached hydrogen (secondary N) is 1. The average molecular weight is 571 g/mol. The second kappa shape index (κ2) is 14.6. The Balaban J connectivity index is 0.00000205. The summed E-state index contributed by atoms with van der Waals surface area (Å²) in [6.07, 6.45) is 6.49. The molecule has 1 aliphatic rings. The van der Waals surface area contributed by atoms with Gasteiger partial charge in [-0.15, -0.1) is 11.3 Å². The minimum absolute atomic E-state index is 0.356. The lowest BCUT2D eigenvalue weighted by Gasteiger charge is -2.33. The summed E-state index contributed by atoms with van der Waals surface area (Å²) in [5.41, 5.74) is 2.46. The quantitative estimate of drug-likeness (QED) is 0.330. The zero-order chi connectivity index (χ0) is 28.4. The maximum Gasteiger partial charge on any atom is 0.311 e. The van der Waals surface area contributed by atoms with Gasteiger partial charge < -0.3 is 10.0 Å². The lowest BCUT2D eigenvalue weighted by atomic mass is 9.85. The molecule has 0 saturated heterocycles. The number of anilines is 2. The Morgan fingerprint density at radius 3 is 2.59 bits per heavy atom. The Labute approximate surface area is 239 Å². The van der Waals surface area contributed by atoms with Crippen molar-refractivity contribution in [2.24, 2.45) is 5.41 Å². The standard InChI is InChI=1S/C28H36N4O3S2.C2H6/c1-4-17-28(3,26(33)34)19-32-18-10-6-5-7-12-21-13-8-9-14-22(21)25-20(2)36-27(30-25)31-37(35)24-16-11-15-23(32)29-24;1-2/h8-9,11,13-16H,4-7,10,12,17-19H2,1-3H3,(H,30,31)(H,33,34);1-2H3. The molecule has 0 radical (unpaired) electrons. The van der Waals surface area contributed by atoms with E-state index >= 15 is 0 Å². The van der Waals surface area contributed by atoms with Crippen molar-refractivity contribution in [1.82, 2.24) is 9.97 Å². The van der Waals surface area contributed by atoms with Crippen LogP contribution >= 0.6 is 11.3 Å². The Morgan fingerprint density at radius 2 is 1.85 bits per heavy atom. The number of hydrogen-bond donors (Lipinski definition) is 2. The molecule has 0 amide bonds. The van der Waals surface area contributed by atoms with Crippen LogP contribution in [0.2, 0.25) is 0 Å². The van der Waals surface area contributed by atoms with Crippen molar-refractivity contribution < 1.29 is 14.1 Å². The molecule has 2 unspecified atom stereocenters. The van der Waals surface area contributed by atoms with Crippen molar-refractivity contribution in [1.29, 1.82) is 0 Å². The number of aromatic nitrogens is 2. The van der Waals surface area contributed by atoms with E-state index in [2.05, 4.69) is 27.8 Å². The monoisotopic (exact) mass is 570 g/mol. The second-order valence-corrected chi connectivity index (χ2v) is 12.4. The van der Waals surface area contributed by atoms with Crippen LogP contribution in [0.5, 0.6) is 0 Å². The number of aliphatic carboxylic acids is 1. The highest BCUT2D eigenvalue weighted by Gasteiger charge is 2.35. The van der Waals surface area contributed by atoms with Crippen molar-refractivity contribution in [3.05, 3.63) is 52.9 Å². The molecule has 3 heterocycles. The maximum absolute atomic E-state index is 13.3. The molecule has 1 aliphatic heterocycles. The highest BCUT2D eigenvalue weighted by molar-refractivity contribution is 7.86. The van der Waals surface area contributed by atoms with E-state index < -0.39 is 22.4 Å². The third-order valence-corrected chi connectivity index (χ3v) is 8.96. The second-order valence-electron chi connectivity index (χ2n) is 9.99. The third-order valence-electron chi connectivity index (χ3n) is 6.95. The van der Waals surface area contributed by atoms with E-state index in [-0.39, 0.29) is 0 Å². The first-order valence-electron chi connectivity index (χ1n) is 14.0. The van der Waals surface area contributed by atoms with Gasteiger partial charge in [0.15, 0.2) is 21.1 Å². The van der Waals surface area contributed by atoms with Gasteiger partial charge in [0.25, 0.3) is 0 Å². The average Bonchev–Trinajstić information content (AvgIpc) is 3.30. The first-order valence-corrected chi connectivity index (χ1v) is 16.0. The molecule has 3 aromatic rings. The van der Waals surface area contributed by atoms with Crippen LogP contribution in [-0.4, -0.2) is 38.3 Å². The number of aryl methyl sites for hydroxylation is 2. The molecule has 2 aromatic heterocycles. The molecular weight excluding hydrogens is 528 g/mol. The number of thiazole rings is 1. The molecule has 0 aliphatic carbocycles. The molecule has 9 heteroatoms. The molecule has 0 saturated carbocycles. The number of pyridine rings is 1. The van der Waals surface area contributed by atoms with E-state index in [1.165, 1.54) is 16.9 Å². The van der Waals surface area contributed by atoms with Crippen LogP contribution in [0.1, 0.15) is 76.7 Å². The molecule has 2 N–H and O–H groups in total. The van der Waals surface area contributed by atoms with Crippen molar-refractivity contribution in [3.63, 3.8) is 0 Å². The summed E-state index contributed by atoms with van der Waals surface area (Å²) in [5.74, 6) is -0.142. The first kappa shape index (κ1) is 30.8. The van der Waals surface area contributed by atoms with Gasteiger partial charge in [0.1, 0.15) is 5.82 Å². The molecule has 1 aromatic carbocycles. The molecule has 0 fully saturated rings. The predicted octanol–water partition coefficient (Wildman–Crippen LogP) is 7.49. The summed E-state index contributed by atoms with van der Waals surface area (Å²) in [4.78, 5) is 24.9. The molecule has 4 bridgehead atoms. The van der Waals surface area contributed by atoms with Crippen molar-refractivity contribution in [3.8, 4) is 11.3 Å². The Hall–Kier alpha value is -2.78. The van der Waals surface area contributed by atoms with Gasteiger partial charge in [-0.2, -0.15) is 0 Å². The number of carboxylic acid groups (broad SMARTS) is 1. The number of rotatable bonds is 5. The zero-order valence-electron chi connectivity index (χ0n) is 23.8. The summed E-state index contributed by atoms with van der Waals surface area (Å²) in [5, 5.41) is 11.0. The van der Waals surface area contributed by atoms with Gasteiger partial charge in [-0.05, 0) is 57.2 Å². The molecule has 39 heavy (non-hydrogen) atoms. The largest absolute Gasteiger partial charge is 0.481 e. The fraction of sp³-hybridized carbons (Fsp3) is 0.500. The van der Waals surface area contributed by atoms with Crippen LogP contribution in [0.4, 0.5) is 10.9 Å². The minimum Gasteiger partial charge on any atom is -0.481 e. The van der Waals surface area contributed by atoms with E-state index in [9.17, 15) is 14.1 Å². The van der Waals surface area contributed by atoms with Gasteiger partial charge in [-0.1, -0.05) is 70.4 Å². The number of hydrogen-bond acceptors (Lipinski definition) is 6. The highest BCUT2D eigenvalue weighted by Crippen LogP contribution is 2.34. The number of benzene rings is 1. The van der Waals surface area contributed by atoms with Crippen molar-refractivity contribution in [2.45, 2.75) is 84.6 Å². The van der Waals surface area contributed by atoms with E-state index in [1.54, 1.807) is 6.07 Å². The summed E-state index contributed by atoms with van der Waals surface area (Å²) in [6, 6.07) is 13.9. The summed E-state index contributed by atoms with van der Waals surface area (Å²) in [6.45, 7) is 10.9. The van der Waals surface area contributed by atoms with Gasteiger partial charge in [0.05, 0.1) is 11.1 Å². The number of fused-ring (bicyclic) bond motifs is 6. The maximum atomic E-state index is 13.3. The van der Waals surface area contributed by atoms with Crippen LogP contribution in [0.15, 0.2) is 47.5 Å². The van der Waals surface area contributed by atoms with E-state index in [0.717, 1.165) is 54.7 Å². The van der Waals surface area contributed by atoms with Crippen LogP contribution < -0.4 is 9.62 Å². The topological polar surface area (TPSA) is 95.4 Å².